The lowest BCUT2D eigenvalue weighted by Crippen LogP contribution is -2.43. The lowest BCUT2D eigenvalue weighted by molar-refractivity contribution is 0.0892. The first kappa shape index (κ1) is 15.3. The fourth-order valence-electron chi connectivity index (χ4n) is 2.13. The van der Waals surface area contributed by atoms with Gasteiger partial charge in [0.15, 0.2) is 0 Å². The summed E-state index contributed by atoms with van der Waals surface area (Å²) in [6.45, 7) is 11.7. The van der Waals surface area contributed by atoms with Crippen LogP contribution < -0.4 is 5.73 Å². The SMILES string of the molecule is CCc1ccc(C(CN)N(C)C(C)C(C)(C)C)o1. The first-order chi connectivity index (χ1) is 8.31. The molecule has 3 nitrogen and oxygen atoms in total. The number of furan rings is 1. The third-order valence-corrected chi connectivity index (χ3v) is 3.94. The number of rotatable bonds is 5. The molecule has 0 amide bonds. The van der Waals surface area contributed by atoms with Crippen molar-refractivity contribution in [2.24, 2.45) is 11.1 Å². The predicted octanol–water partition coefficient (Wildman–Crippen LogP) is 3.21. The van der Waals surface area contributed by atoms with E-state index in [4.69, 9.17) is 10.2 Å². The quantitative estimate of drug-likeness (QED) is 0.875. The zero-order valence-corrected chi connectivity index (χ0v) is 12.7. The highest BCUT2D eigenvalue weighted by Crippen LogP contribution is 2.30. The molecule has 0 saturated heterocycles. The third kappa shape index (κ3) is 3.36. The summed E-state index contributed by atoms with van der Waals surface area (Å²) >= 11 is 0. The molecule has 0 aromatic carbocycles. The van der Waals surface area contributed by atoms with Gasteiger partial charge < -0.3 is 10.2 Å². The van der Waals surface area contributed by atoms with Crippen LogP contribution in [-0.2, 0) is 6.42 Å². The van der Waals surface area contributed by atoms with Crippen molar-refractivity contribution >= 4 is 0 Å². The molecule has 1 aromatic rings. The van der Waals surface area contributed by atoms with Gasteiger partial charge in [-0.2, -0.15) is 0 Å². The summed E-state index contributed by atoms with van der Waals surface area (Å²) in [5.74, 6) is 2.01. The van der Waals surface area contributed by atoms with Gasteiger partial charge in [0.2, 0.25) is 0 Å². The summed E-state index contributed by atoms with van der Waals surface area (Å²) < 4.78 is 5.85. The zero-order chi connectivity index (χ0) is 13.9. The van der Waals surface area contributed by atoms with Crippen molar-refractivity contribution in [3.05, 3.63) is 23.7 Å². The minimum Gasteiger partial charge on any atom is -0.464 e. The van der Waals surface area contributed by atoms with E-state index in [2.05, 4.69) is 52.6 Å². The second-order valence-electron chi connectivity index (χ2n) is 6.12. The third-order valence-electron chi connectivity index (χ3n) is 3.94. The maximum atomic E-state index is 5.94. The summed E-state index contributed by atoms with van der Waals surface area (Å²) in [7, 11) is 2.13. The molecule has 0 saturated carbocycles. The van der Waals surface area contributed by atoms with E-state index in [0.29, 0.717) is 12.6 Å². The van der Waals surface area contributed by atoms with Gasteiger partial charge in [0.25, 0.3) is 0 Å². The van der Waals surface area contributed by atoms with Crippen LogP contribution in [0.1, 0.15) is 52.2 Å². The van der Waals surface area contributed by atoms with Gasteiger partial charge in [-0.25, -0.2) is 0 Å². The first-order valence-corrected chi connectivity index (χ1v) is 6.81. The van der Waals surface area contributed by atoms with E-state index in [1.54, 1.807) is 0 Å². The smallest absolute Gasteiger partial charge is 0.122 e. The summed E-state index contributed by atoms with van der Waals surface area (Å²) in [5, 5.41) is 0. The van der Waals surface area contributed by atoms with E-state index >= 15 is 0 Å². The highest BCUT2D eigenvalue weighted by atomic mass is 16.3. The van der Waals surface area contributed by atoms with Crippen LogP contribution in [0.3, 0.4) is 0 Å². The minimum absolute atomic E-state index is 0.152. The number of hydrogen-bond acceptors (Lipinski definition) is 3. The predicted molar refractivity (Wildman–Crippen MR) is 76.6 cm³/mol. The van der Waals surface area contributed by atoms with Crippen molar-refractivity contribution in [3.63, 3.8) is 0 Å². The van der Waals surface area contributed by atoms with Crippen molar-refractivity contribution in [1.82, 2.24) is 4.90 Å². The molecule has 1 rings (SSSR count). The Morgan fingerprint density at radius 2 is 1.94 bits per heavy atom. The Labute approximate surface area is 111 Å². The van der Waals surface area contributed by atoms with Crippen molar-refractivity contribution in [2.45, 2.75) is 53.1 Å². The fourth-order valence-corrected chi connectivity index (χ4v) is 2.13. The standard InChI is InChI=1S/C15H28N2O/c1-7-12-8-9-14(18-12)13(10-16)17(6)11(2)15(3,4)5/h8-9,11,13H,7,10,16H2,1-6H3. The Bertz CT molecular complexity index is 365. The maximum Gasteiger partial charge on any atom is 0.122 e. The van der Waals surface area contributed by atoms with Crippen molar-refractivity contribution in [3.8, 4) is 0 Å². The van der Waals surface area contributed by atoms with Gasteiger partial charge in [-0.1, -0.05) is 27.7 Å². The van der Waals surface area contributed by atoms with Crippen LogP contribution in [0, 0.1) is 5.41 Å². The minimum atomic E-state index is 0.152. The average Bonchev–Trinajstić information content (AvgIpc) is 2.76. The van der Waals surface area contributed by atoms with E-state index in [0.717, 1.165) is 17.9 Å². The molecule has 0 bridgehead atoms. The van der Waals surface area contributed by atoms with Gasteiger partial charge in [-0.3, -0.25) is 4.90 Å². The molecule has 18 heavy (non-hydrogen) atoms. The molecule has 0 fully saturated rings. The molecular weight excluding hydrogens is 224 g/mol. The molecule has 1 aromatic heterocycles. The number of hydrogen-bond donors (Lipinski definition) is 1. The zero-order valence-electron chi connectivity index (χ0n) is 12.7. The number of likely N-dealkylation sites (N-methyl/N-ethyl adjacent to an activating group) is 1. The van der Waals surface area contributed by atoms with E-state index in [9.17, 15) is 0 Å². The monoisotopic (exact) mass is 252 g/mol. The topological polar surface area (TPSA) is 42.4 Å². The van der Waals surface area contributed by atoms with Crippen LogP contribution in [0.5, 0.6) is 0 Å². The van der Waals surface area contributed by atoms with Gasteiger partial charge in [0.05, 0.1) is 6.04 Å². The summed E-state index contributed by atoms with van der Waals surface area (Å²) in [4.78, 5) is 2.32. The molecule has 104 valence electrons. The molecular formula is C15H28N2O. The van der Waals surface area contributed by atoms with E-state index < -0.39 is 0 Å². The summed E-state index contributed by atoms with van der Waals surface area (Å²) in [5.41, 5.74) is 6.16. The Balaban J connectivity index is 2.89. The van der Waals surface area contributed by atoms with Crippen LogP contribution in [0.25, 0.3) is 0 Å². The largest absolute Gasteiger partial charge is 0.464 e. The first-order valence-electron chi connectivity index (χ1n) is 6.81. The molecule has 0 aliphatic carbocycles. The molecule has 0 aliphatic rings. The molecule has 1 heterocycles. The van der Waals surface area contributed by atoms with Gasteiger partial charge in [-0.15, -0.1) is 0 Å². The average molecular weight is 252 g/mol. The van der Waals surface area contributed by atoms with Crippen molar-refractivity contribution in [2.75, 3.05) is 13.6 Å². The molecule has 2 atom stereocenters. The van der Waals surface area contributed by atoms with Crippen LogP contribution in [0.4, 0.5) is 0 Å². The molecule has 2 unspecified atom stereocenters. The highest BCUT2D eigenvalue weighted by molar-refractivity contribution is 5.11. The van der Waals surface area contributed by atoms with Crippen LogP contribution in [0.15, 0.2) is 16.5 Å². The van der Waals surface area contributed by atoms with E-state index in [-0.39, 0.29) is 11.5 Å². The second kappa shape index (κ2) is 5.89. The number of nitrogens with two attached hydrogens (primary N) is 1. The number of aryl methyl sites for hydroxylation is 1. The van der Waals surface area contributed by atoms with Crippen molar-refractivity contribution < 1.29 is 4.42 Å². The van der Waals surface area contributed by atoms with Crippen molar-refractivity contribution in [1.29, 1.82) is 0 Å². The lowest BCUT2D eigenvalue weighted by Gasteiger charge is -2.39. The van der Waals surface area contributed by atoms with Crippen LogP contribution in [0.2, 0.25) is 0 Å². The highest BCUT2D eigenvalue weighted by Gasteiger charge is 2.30. The van der Waals surface area contributed by atoms with Crippen LogP contribution in [-0.4, -0.2) is 24.5 Å². The van der Waals surface area contributed by atoms with Gasteiger partial charge >= 0.3 is 0 Å². The lowest BCUT2D eigenvalue weighted by atomic mass is 9.86. The molecule has 2 N–H and O–H groups in total. The summed E-state index contributed by atoms with van der Waals surface area (Å²) in [6, 6.07) is 4.69. The molecule has 0 radical (unpaired) electrons. The maximum absolute atomic E-state index is 5.94. The molecule has 0 spiro atoms. The van der Waals surface area contributed by atoms with Crippen LogP contribution >= 0.6 is 0 Å². The van der Waals surface area contributed by atoms with Gasteiger partial charge in [-0.05, 0) is 31.5 Å². The Morgan fingerprint density at radius 3 is 2.33 bits per heavy atom. The Morgan fingerprint density at radius 1 is 1.33 bits per heavy atom. The summed E-state index contributed by atoms with van der Waals surface area (Å²) in [6.07, 6.45) is 0.926. The van der Waals surface area contributed by atoms with Gasteiger partial charge in [0.1, 0.15) is 11.5 Å². The second-order valence-corrected chi connectivity index (χ2v) is 6.12. The Hall–Kier alpha value is -0.800. The molecule has 0 aliphatic heterocycles. The van der Waals surface area contributed by atoms with Gasteiger partial charge in [0, 0.05) is 19.0 Å². The van der Waals surface area contributed by atoms with E-state index in [1.807, 2.05) is 6.07 Å². The normalized spacial score (nSPS) is 16.0. The fraction of sp³-hybridized carbons (Fsp3) is 0.733. The Kier molecular flexibility index (Phi) is 5.00. The van der Waals surface area contributed by atoms with E-state index in [1.165, 1.54) is 0 Å². The molecule has 3 heteroatoms. The number of nitrogens with zero attached hydrogens (tertiary/aromatic N) is 1.